The van der Waals surface area contributed by atoms with Crippen molar-refractivity contribution in [3.05, 3.63) is 58.6 Å². The molecule has 1 amide bonds. The standard InChI is InChI=1S/C21H21ClF2N2O5S/c1-30-18-13-14(12-15(22)20(18)31-2)6-7-19(27)25-8-10-26(11-9-25)32(28,29)21-16(23)4-3-5-17(21)24/h3-7,12-13H,8-11H2,1-2H3/b7-6-. The molecule has 11 heteroatoms. The third kappa shape index (κ3) is 4.87. The summed E-state index contributed by atoms with van der Waals surface area (Å²) < 4.78 is 64.6. The Bertz CT molecular complexity index is 1130. The van der Waals surface area contributed by atoms with Crippen LogP contribution < -0.4 is 9.47 Å². The molecule has 7 nitrogen and oxygen atoms in total. The Labute approximate surface area is 189 Å². The lowest BCUT2D eigenvalue weighted by Gasteiger charge is -2.33. The van der Waals surface area contributed by atoms with Gasteiger partial charge in [-0.15, -0.1) is 0 Å². The smallest absolute Gasteiger partial charge is 0.249 e. The molecule has 0 saturated carbocycles. The lowest BCUT2D eigenvalue weighted by Crippen LogP contribution is -2.50. The van der Waals surface area contributed by atoms with Crippen LogP contribution in [0.15, 0.2) is 41.3 Å². The van der Waals surface area contributed by atoms with Gasteiger partial charge >= 0.3 is 0 Å². The Kier molecular flexibility index (Phi) is 7.37. The zero-order valence-electron chi connectivity index (χ0n) is 17.3. The molecule has 0 radical (unpaired) electrons. The van der Waals surface area contributed by atoms with Crippen molar-refractivity contribution in [2.24, 2.45) is 0 Å². The molecule has 0 aliphatic carbocycles. The first-order valence-electron chi connectivity index (χ1n) is 9.51. The topological polar surface area (TPSA) is 76.2 Å². The summed E-state index contributed by atoms with van der Waals surface area (Å²) in [6, 6.07) is 6.14. The highest BCUT2D eigenvalue weighted by atomic mass is 35.5. The van der Waals surface area contributed by atoms with Crippen molar-refractivity contribution in [1.82, 2.24) is 9.21 Å². The van der Waals surface area contributed by atoms with E-state index in [2.05, 4.69) is 0 Å². The summed E-state index contributed by atoms with van der Waals surface area (Å²) in [6.45, 7) is -0.0217. The Morgan fingerprint density at radius 1 is 1.06 bits per heavy atom. The summed E-state index contributed by atoms with van der Waals surface area (Å²) in [5.74, 6) is -1.86. The van der Waals surface area contributed by atoms with Gasteiger partial charge in [0.15, 0.2) is 16.4 Å². The zero-order chi connectivity index (χ0) is 23.5. The summed E-state index contributed by atoms with van der Waals surface area (Å²) in [5.41, 5.74) is 0.609. The first kappa shape index (κ1) is 24.0. The van der Waals surface area contributed by atoms with Crippen molar-refractivity contribution in [3.8, 4) is 11.5 Å². The van der Waals surface area contributed by atoms with Crippen molar-refractivity contribution in [3.63, 3.8) is 0 Å². The Hall–Kier alpha value is -2.69. The number of carbonyl (C=O) groups excluding carboxylic acids is 1. The molecule has 0 spiro atoms. The van der Waals surface area contributed by atoms with Gasteiger partial charge in [-0.25, -0.2) is 17.2 Å². The van der Waals surface area contributed by atoms with E-state index in [-0.39, 0.29) is 32.1 Å². The van der Waals surface area contributed by atoms with Gasteiger partial charge in [0.1, 0.15) is 11.6 Å². The second kappa shape index (κ2) is 9.85. The van der Waals surface area contributed by atoms with Gasteiger partial charge in [0.25, 0.3) is 0 Å². The first-order valence-corrected chi connectivity index (χ1v) is 11.3. The van der Waals surface area contributed by atoms with Crippen LogP contribution >= 0.6 is 11.6 Å². The van der Waals surface area contributed by atoms with E-state index >= 15 is 0 Å². The number of nitrogens with zero attached hydrogens (tertiary/aromatic N) is 2. The number of benzene rings is 2. The average molecular weight is 487 g/mol. The van der Waals surface area contributed by atoms with Crippen molar-refractivity contribution >= 4 is 33.6 Å². The van der Waals surface area contributed by atoms with E-state index < -0.39 is 26.6 Å². The number of hydrogen-bond donors (Lipinski definition) is 0. The maximum Gasteiger partial charge on any atom is 0.249 e. The molecule has 0 bridgehead atoms. The van der Waals surface area contributed by atoms with Gasteiger partial charge in [-0.2, -0.15) is 4.31 Å². The number of methoxy groups -OCH3 is 2. The minimum Gasteiger partial charge on any atom is -0.493 e. The van der Waals surface area contributed by atoms with E-state index in [1.54, 1.807) is 18.2 Å². The van der Waals surface area contributed by atoms with E-state index in [0.29, 0.717) is 22.1 Å². The fraction of sp³-hybridized carbons (Fsp3) is 0.286. The monoisotopic (exact) mass is 486 g/mol. The Morgan fingerprint density at radius 3 is 2.25 bits per heavy atom. The second-order valence-electron chi connectivity index (χ2n) is 6.85. The van der Waals surface area contributed by atoms with Gasteiger partial charge in [0.2, 0.25) is 15.9 Å². The number of halogens is 3. The van der Waals surface area contributed by atoms with Crippen LogP contribution in [0.3, 0.4) is 0 Å². The second-order valence-corrected chi connectivity index (χ2v) is 9.13. The fourth-order valence-electron chi connectivity index (χ4n) is 3.31. The summed E-state index contributed by atoms with van der Waals surface area (Å²) >= 11 is 6.16. The summed E-state index contributed by atoms with van der Waals surface area (Å²) in [4.78, 5) is 13.0. The summed E-state index contributed by atoms with van der Waals surface area (Å²) in [7, 11) is -1.43. The fourth-order valence-corrected chi connectivity index (χ4v) is 5.14. The van der Waals surface area contributed by atoms with Crippen LogP contribution in [0.5, 0.6) is 11.5 Å². The number of hydrogen-bond acceptors (Lipinski definition) is 5. The van der Waals surface area contributed by atoms with Crippen LogP contribution in [0.25, 0.3) is 6.08 Å². The van der Waals surface area contributed by atoms with E-state index in [4.69, 9.17) is 21.1 Å². The maximum absolute atomic E-state index is 14.0. The highest BCUT2D eigenvalue weighted by Crippen LogP contribution is 2.36. The molecule has 1 heterocycles. The van der Waals surface area contributed by atoms with Gasteiger partial charge in [-0.3, -0.25) is 4.79 Å². The predicted molar refractivity (Wildman–Crippen MR) is 115 cm³/mol. The summed E-state index contributed by atoms with van der Waals surface area (Å²) in [5, 5.41) is 0.318. The van der Waals surface area contributed by atoms with Crippen LogP contribution in [0.2, 0.25) is 5.02 Å². The maximum atomic E-state index is 14.0. The number of carbonyl (C=O) groups is 1. The number of rotatable bonds is 6. The molecule has 32 heavy (non-hydrogen) atoms. The van der Waals surface area contributed by atoms with Crippen molar-refractivity contribution in [2.45, 2.75) is 4.90 Å². The van der Waals surface area contributed by atoms with Crippen LogP contribution in [-0.2, 0) is 14.8 Å². The van der Waals surface area contributed by atoms with Gasteiger partial charge < -0.3 is 14.4 Å². The van der Waals surface area contributed by atoms with Crippen molar-refractivity contribution in [1.29, 1.82) is 0 Å². The molecule has 0 atom stereocenters. The van der Waals surface area contributed by atoms with Gasteiger partial charge in [0.05, 0.1) is 19.2 Å². The molecule has 1 fully saturated rings. The Balaban J connectivity index is 1.68. The highest BCUT2D eigenvalue weighted by Gasteiger charge is 2.33. The largest absolute Gasteiger partial charge is 0.493 e. The van der Waals surface area contributed by atoms with Crippen molar-refractivity contribution in [2.75, 3.05) is 40.4 Å². The lowest BCUT2D eigenvalue weighted by atomic mass is 10.1. The molecule has 0 aromatic heterocycles. The lowest BCUT2D eigenvalue weighted by molar-refractivity contribution is -0.127. The number of amides is 1. The SMILES string of the molecule is COc1cc(/C=C\C(=O)N2CCN(S(=O)(=O)c3c(F)cccc3F)CC2)cc(Cl)c1OC. The van der Waals surface area contributed by atoms with E-state index in [9.17, 15) is 22.0 Å². The van der Waals surface area contributed by atoms with Crippen LogP contribution in [0, 0.1) is 11.6 Å². The molecule has 2 aromatic carbocycles. The van der Waals surface area contributed by atoms with E-state index in [0.717, 1.165) is 22.5 Å². The number of sulfonamides is 1. The average Bonchev–Trinajstić information content (AvgIpc) is 2.76. The van der Waals surface area contributed by atoms with E-state index in [1.165, 1.54) is 25.2 Å². The van der Waals surface area contributed by atoms with Gasteiger partial charge in [-0.1, -0.05) is 17.7 Å². The number of piperazine rings is 1. The minimum absolute atomic E-state index is 0.0746. The molecular weight excluding hydrogens is 466 g/mol. The molecule has 2 aromatic rings. The molecular formula is C21H21ClF2N2O5S. The van der Waals surface area contributed by atoms with Crippen LogP contribution in [0.1, 0.15) is 5.56 Å². The van der Waals surface area contributed by atoms with Crippen molar-refractivity contribution < 1.29 is 31.5 Å². The highest BCUT2D eigenvalue weighted by molar-refractivity contribution is 7.89. The third-order valence-electron chi connectivity index (χ3n) is 4.94. The summed E-state index contributed by atoms with van der Waals surface area (Å²) in [6.07, 6.45) is 2.88. The molecule has 1 aliphatic rings. The van der Waals surface area contributed by atoms with Crippen LogP contribution in [-0.4, -0.2) is 63.9 Å². The molecule has 1 aliphatic heterocycles. The molecule has 1 saturated heterocycles. The predicted octanol–water partition coefficient (Wildman–Crippen LogP) is 3.18. The molecule has 3 rings (SSSR count). The normalized spacial score (nSPS) is 15.2. The van der Waals surface area contributed by atoms with E-state index in [1.807, 2.05) is 0 Å². The quantitative estimate of drug-likeness (QED) is 0.586. The number of ether oxygens (including phenoxy) is 2. The first-order chi connectivity index (χ1) is 15.2. The zero-order valence-corrected chi connectivity index (χ0v) is 18.9. The minimum atomic E-state index is -4.36. The Morgan fingerprint density at radius 2 is 1.69 bits per heavy atom. The van der Waals surface area contributed by atoms with Gasteiger partial charge in [-0.05, 0) is 35.9 Å². The molecule has 0 unspecified atom stereocenters. The van der Waals surface area contributed by atoms with Crippen LogP contribution in [0.4, 0.5) is 8.78 Å². The third-order valence-corrected chi connectivity index (χ3v) is 7.17. The van der Waals surface area contributed by atoms with Gasteiger partial charge in [0, 0.05) is 32.3 Å². The molecule has 172 valence electrons. The molecule has 0 N–H and O–H groups in total.